The summed E-state index contributed by atoms with van der Waals surface area (Å²) in [4.78, 5) is 34.3. The topological polar surface area (TPSA) is 83.9 Å². The predicted octanol–water partition coefficient (Wildman–Crippen LogP) is 7.34. The number of pyridine rings is 1. The number of nitrogens with zero attached hydrogens (tertiary/aromatic N) is 6. The van der Waals surface area contributed by atoms with Crippen molar-refractivity contribution in [1.82, 2.24) is 24.8 Å². The largest absolute Gasteiger partial charge is 0.461 e. The van der Waals surface area contributed by atoms with Crippen molar-refractivity contribution in [2.75, 3.05) is 37.7 Å². The molecule has 2 aromatic carbocycles. The van der Waals surface area contributed by atoms with E-state index in [0.717, 1.165) is 74.4 Å². The van der Waals surface area contributed by atoms with Crippen LogP contribution in [0.1, 0.15) is 78.2 Å². The summed E-state index contributed by atoms with van der Waals surface area (Å²) in [5.74, 6) is 6.52. The monoisotopic (exact) mass is 676 g/mol. The van der Waals surface area contributed by atoms with Crippen molar-refractivity contribution in [1.29, 1.82) is 0 Å². The molecule has 260 valence electrons. The van der Waals surface area contributed by atoms with Crippen molar-refractivity contribution in [3.8, 4) is 29.1 Å². The Morgan fingerprint density at radius 1 is 1.04 bits per heavy atom. The number of carbonyl (C=O) groups excluding carboxylic acids is 1. The van der Waals surface area contributed by atoms with Crippen LogP contribution in [0.5, 0.6) is 6.01 Å². The van der Waals surface area contributed by atoms with Gasteiger partial charge in [0.1, 0.15) is 29.2 Å². The minimum Gasteiger partial charge on any atom is -0.461 e. The van der Waals surface area contributed by atoms with Gasteiger partial charge in [-0.3, -0.25) is 14.8 Å². The van der Waals surface area contributed by atoms with Crippen LogP contribution in [0, 0.1) is 17.7 Å². The van der Waals surface area contributed by atoms with Crippen molar-refractivity contribution >= 4 is 33.6 Å². The smallest absolute Gasteiger partial charge is 0.410 e. The molecule has 50 heavy (non-hydrogen) atoms. The third kappa shape index (κ3) is 5.79. The maximum Gasteiger partial charge on any atom is 0.410 e. The van der Waals surface area contributed by atoms with E-state index in [0.29, 0.717) is 36.5 Å². The second-order valence-electron chi connectivity index (χ2n) is 15.3. The quantitative estimate of drug-likeness (QED) is 0.203. The molecule has 4 aliphatic rings. The van der Waals surface area contributed by atoms with E-state index in [1.165, 1.54) is 0 Å². The van der Waals surface area contributed by atoms with Gasteiger partial charge in [0.25, 0.3) is 0 Å². The van der Waals surface area contributed by atoms with Crippen LogP contribution in [-0.2, 0) is 4.74 Å². The highest BCUT2D eigenvalue weighted by Crippen LogP contribution is 2.41. The highest BCUT2D eigenvalue weighted by molar-refractivity contribution is 6.02. The van der Waals surface area contributed by atoms with Gasteiger partial charge in [0, 0.05) is 42.2 Å². The minimum atomic E-state index is -0.579. The highest BCUT2D eigenvalue weighted by Gasteiger charge is 2.46. The molecule has 4 aromatic rings. The molecule has 4 aliphatic heterocycles. The molecular formula is C40H45FN6O3. The number of halogens is 1. The Balaban J connectivity index is 1.21. The zero-order valence-electron chi connectivity index (χ0n) is 29.5. The second-order valence-corrected chi connectivity index (χ2v) is 15.3. The molecule has 2 unspecified atom stereocenters. The van der Waals surface area contributed by atoms with Crippen LogP contribution >= 0.6 is 0 Å². The molecule has 10 heteroatoms. The van der Waals surface area contributed by atoms with E-state index in [9.17, 15) is 4.79 Å². The standard InChI is InChI=1S/C40H45FN6O3/c1-5-6-11-26-12-7-13-27-14-8-15-30(32(26)27)34-33(41)35-31(22-42-34)36(44-37(43-35)49-25-40-18-9-20-46(40)21-10-19-40)45-23-28-16-17-29(24-45)47(28)38(48)50-39(2,3)4/h7-8,12-15,22,28-29H,5,9-10,16-21,23-25H2,1-4H3. The Bertz CT molecular complexity index is 2000. The number of aromatic nitrogens is 3. The molecule has 6 heterocycles. The van der Waals surface area contributed by atoms with E-state index in [2.05, 4.69) is 21.6 Å². The van der Waals surface area contributed by atoms with Gasteiger partial charge >= 0.3 is 12.1 Å². The molecule has 8 rings (SSSR count). The Morgan fingerprint density at radius 3 is 2.46 bits per heavy atom. The Morgan fingerprint density at radius 2 is 1.76 bits per heavy atom. The van der Waals surface area contributed by atoms with Crippen molar-refractivity contribution in [2.45, 2.75) is 95.9 Å². The van der Waals surface area contributed by atoms with E-state index in [1.807, 2.05) is 69.0 Å². The fraction of sp³-hybridized carbons (Fsp3) is 0.500. The van der Waals surface area contributed by atoms with Gasteiger partial charge in [0.15, 0.2) is 5.82 Å². The predicted molar refractivity (Wildman–Crippen MR) is 193 cm³/mol. The number of piperazine rings is 1. The lowest BCUT2D eigenvalue weighted by molar-refractivity contribution is 0.0122. The maximum atomic E-state index is 17.1. The fourth-order valence-corrected chi connectivity index (χ4v) is 8.69. The minimum absolute atomic E-state index is 0.0164. The van der Waals surface area contributed by atoms with E-state index >= 15 is 4.39 Å². The summed E-state index contributed by atoms with van der Waals surface area (Å²) in [7, 11) is 0. The van der Waals surface area contributed by atoms with Gasteiger partial charge in [-0.1, -0.05) is 49.1 Å². The van der Waals surface area contributed by atoms with E-state index < -0.39 is 11.4 Å². The first-order valence-electron chi connectivity index (χ1n) is 18.2. The summed E-state index contributed by atoms with van der Waals surface area (Å²) in [5, 5.41) is 2.36. The lowest BCUT2D eigenvalue weighted by Gasteiger charge is -2.42. The van der Waals surface area contributed by atoms with E-state index in [1.54, 1.807) is 6.20 Å². The molecule has 1 amide bonds. The molecule has 9 nitrogen and oxygen atoms in total. The lowest BCUT2D eigenvalue weighted by Crippen LogP contribution is -2.57. The van der Waals surface area contributed by atoms with Gasteiger partial charge in [-0.05, 0) is 83.8 Å². The van der Waals surface area contributed by atoms with Crippen LogP contribution in [0.15, 0.2) is 42.6 Å². The SMILES string of the molecule is CCC#Cc1cccc2cccc(-c3ncc4c(N5CC6CCC(C5)N6C(=O)OC(C)(C)C)nc(OCC56CCCN5CCC6)nc4c3F)c12. The summed E-state index contributed by atoms with van der Waals surface area (Å²) < 4.78 is 29.4. The molecule has 2 bridgehead atoms. The van der Waals surface area contributed by atoms with Crippen LogP contribution < -0.4 is 9.64 Å². The molecule has 0 spiro atoms. The summed E-state index contributed by atoms with van der Waals surface area (Å²) in [6.45, 7) is 11.4. The summed E-state index contributed by atoms with van der Waals surface area (Å²) in [5.41, 5.74) is 1.31. The Hall–Kier alpha value is -4.49. The fourth-order valence-electron chi connectivity index (χ4n) is 8.69. The van der Waals surface area contributed by atoms with Crippen molar-refractivity contribution in [3.05, 3.63) is 54.0 Å². The lowest BCUT2D eigenvalue weighted by atomic mass is 9.95. The molecule has 2 atom stereocenters. The summed E-state index contributed by atoms with van der Waals surface area (Å²) >= 11 is 0. The van der Waals surface area contributed by atoms with Gasteiger partial charge < -0.3 is 14.4 Å². The van der Waals surface area contributed by atoms with Crippen molar-refractivity contribution < 1.29 is 18.7 Å². The summed E-state index contributed by atoms with van der Waals surface area (Å²) in [6, 6.07) is 11.9. The third-order valence-electron chi connectivity index (χ3n) is 10.9. The first kappa shape index (κ1) is 32.7. The number of rotatable bonds is 5. The zero-order valence-corrected chi connectivity index (χ0v) is 29.5. The molecule has 0 N–H and O–H groups in total. The van der Waals surface area contributed by atoms with Gasteiger partial charge in [-0.15, -0.1) is 0 Å². The average Bonchev–Trinajstić information content (AvgIpc) is 3.76. The van der Waals surface area contributed by atoms with Crippen LogP contribution in [0.25, 0.3) is 32.9 Å². The van der Waals surface area contributed by atoms with Gasteiger partial charge in [-0.2, -0.15) is 9.97 Å². The average molecular weight is 677 g/mol. The van der Waals surface area contributed by atoms with E-state index in [-0.39, 0.29) is 40.9 Å². The van der Waals surface area contributed by atoms with Crippen LogP contribution in [0.3, 0.4) is 0 Å². The molecular weight excluding hydrogens is 631 g/mol. The van der Waals surface area contributed by atoms with E-state index in [4.69, 9.17) is 24.4 Å². The molecule has 4 fully saturated rings. The number of fused-ring (bicyclic) bond motifs is 5. The molecule has 4 saturated heterocycles. The highest BCUT2D eigenvalue weighted by atomic mass is 19.1. The zero-order chi connectivity index (χ0) is 34.6. The molecule has 0 saturated carbocycles. The van der Waals surface area contributed by atoms with Gasteiger partial charge in [0.2, 0.25) is 0 Å². The normalized spacial score (nSPS) is 21.4. The summed E-state index contributed by atoms with van der Waals surface area (Å²) in [6.07, 6.45) is 8.33. The van der Waals surface area contributed by atoms with Gasteiger partial charge in [-0.25, -0.2) is 9.18 Å². The number of carbonyl (C=O) groups is 1. The van der Waals surface area contributed by atoms with Gasteiger partial charge in [0.05, 0.1) is 23.0 Å². The molecule has 0 radical (unpaired) electrons. The van der Waals surface area contributed by atoms with Crippen LogP contribution in [0.2, 0.25) is 0 Å². The number of amides is 1. The number of hydrogen-bond acceptors (Lipinski definition) is 8. The number of hydrogen-bond donors (Lipinski definition) is 0. The molecule has 0 aliphatic carbocycles. The number of benzene rings is 2. The number of ether oxygens (including phenoxy) is 2. The second kappa shape index (κ2) is 12.7. The first-order valence-corrected chi connectivity index (χ1v) is 18.2. The van der Waals surface area contributed by atoms with Crippen LogP contribution in [-0.4, -0.2) is 86.9 Å². The molecule has 2 aromatic heterocycles. The number of anilines is 1. The third-order valence-corrected chi connectivity index (χ3v) is 10.9. The Labute approximate surface area is 293 Å². The van der Waals surface area contributed by atoms with Crippen LogP contribution in [0.4, 0.5) is 15.0 Å². The Kier molecular flexibility index (Phi) is 8.29. The van der Waals surface area contributed by atoms with Crippen molar-refractivity contribution in [2.24, 2.45) is 0 Å². The van der Waals surface area contributed by atoms with Crippen molar-refractivity contribution in [3.63, 3.8) is 0 Å². The maximum absolute atomic E-state index is 17.1. The first-order chi connectivity index (χ1) is 24.1.